The average molecular weight is 390 g/mol. The molecule has 4 heterocycles. The van der Waals surface area contributed by atoms with E-state index in [0.717, 1.165) is 37.2 Å². The first-order valence-electron chi connectivity index (χ1n) is 9.40. The van der Waals surface area contributed by atoms with Crippen molar-refractivity contribution in [2.24, 2.45) is 5.73 Å². The van der Waals surface area contributed by atoms with Crippen LogP contribution < -0.4 is 21.7 Å². The van der Waals surface area contributed by atoms with Gasteiger partial charge < -0.3 is 21.7 Å². The van der Waals surface area contributed by atoms with Crippen LogP contribution in [0.15, 0.2) is 49.2 Å². The summed E-state index contributed by atoms with van der Waals surface area (Å²) in [6.07, 6.45) is 10.1. The number of carbonyl (C=O) groups is 1. The van der Waals surface area contributed by atoms with Crippen LogP contribution >= 0.6 is 0 Å². The topological polar surface area (TPSA) is 136 Å². The van der Waals surface area contributed by atoms with Crippen molar-refractivity contribution in [2.75, 3.05) is 29.0 Å². The van der Waals surface area contributed by atoms with Gasteiger partial charge in [-0.2, -0.15) is 0 Å². The lowest BCUT2D eigenvalue weighted by molar-refractivity contribution is 0.102. The van der Waals surface area contributed by atoms with E-state index in [0.29, 0.717) is 11.4 Å². The van der Waals surface area contributed by atoms with Gasteiger partial charge in [0.25, 0.3) is 5.91 Å². The van der Waals surface area contributed by atoms with Crippen molar-refractivity contribution >= 4 is 23.1 Å². The maximum atomic E-state index is 12.9. The van der Waals surface area contributed by atoms with Gasteiger partial charge in [-0.15, -0.1) is 0 Å². The summed E-state index contributed by atoms with van der Waals surface area (Å²) in [5.41, 5.74) is 14.8. The molecular weight excluding hydrogens is 368 g/mol. The van der Waals surface area contributed by atoms with Gasteiger partial charge in [-0.1, -0.05) is 0 Å². The normalized spacial score (nSPS) is 16.4. The number of hydrogen-bond acceptors (Lipinski definition) is 8. The summed E-state index contributed by atoms with van der Waals surface area (Å²) < 4.78 is 0. The molecule has 1 aliphatic rings. The highest BCUT2D eigenvalue weighted by Crippen LogP contribution is 2.28. The number of rotatable bonds is 4. The minimum atomic E-state index is -0.448. The number of piperidine rings is 1. The zero-order valence-corrected chi connectivity index (χ0v) is 15.8. The lowest BCUT2D eigenvalue weighted by atomic mass is 10.1. The lowest BCUT2D eigenvalue weighted by Gasteiger charge is -2.33. The number of carbonyl (C=O) groups excluding carboxylic acids is 1. The number of nitrogen functional groups attached to an aromatic ring is 1. The molecule has 1 atom stereocenters. The number of nitrogens with two attached hydrogens (primary N) is 2. The van der Waals surface area contributed by atoms with Gasteiger partial charge in [0.2, 0.25) is 0 Å². The van der Waals surface area contributed by atoms with E-state index >= 15 is 0 Å². The molecule has 3 aromatic heterocycles. The smallest absolute Gasteiger partial charge is 0.278 e. The first-order chi connectivity index (χ1) is 14.1. The predicted octanol–water partition coefficient (Wildman–Crippen LogP) is 1.70. The molecule has 1 fully saturated rings. The number of hydrogen-bond donors (Lipinski definition) is 3. The number of nitrogens with one attached hydrogen (secondary N) is 1. The van der Waals surface area contributed by atoms with E-state index in [4.69, 9.17) is 11.5 Å². The van der Waals surface area contributed by atoms with Crippen LogP contribution in [0.5, 0.6) is 0 Å². The summed E-state index contributed by atoms with van der Waals surface area (Å²) in [5, 5.41) is 2.88. The molecule has 0 saturated carbocycles. The molecule has 0 radical (unpaired) electrons. The first kappa shape index (κ1) is 18.8. The molecule has 148 valence electrons. The summed E-state index contributed by atoms with van der Waals surface area (Å²) in [5.74, 6) is -0.392. The summed E-state index contributed by atoms with van der Waals surface area (Å²) in [6, 6.07) is 5.61. The van der Waals surface area contributed by atoms with E-state index in [2.05, 4.69) is 30.2 Å². The molecule has 9 nitrogen and oxygen atoms in total. The summed E-state index contributed by atoms with van der Waals surface area (Å²) in [7, 11) is 0. The third kappa shape index (κ3) is 4.14. The van der Waals surface area contributed by atoms with Crippen molar-refractivity contribution in [1.82, 2.24) is 19.9 Å². The van der Waals surface area contributed by atoms with Crippen molar-refractivity contribution in [3.05, 3.63) is 54.9 Å². The van der Waals surface area contributed by atoms with Gasteiger partial charge in [0.1, 0.15) is 0 Å². The second kappa shape index (κ2) is 8.19. The highest BCUT2D eigenvalue weighted by Gasteiger charge is 2.21. The molecule has 1 amide bonds. The highest BCUT2D eigenvalue weighted by molar-refractivity contribution is 6.07. The van der Waals surface area contributed by atoms with Gasteiger partial charge in [0.05, 0.1) is 29.5 Å². The molecule has 0 bridgehead atoms. The summed E-state index contributed by atoms with van der Waals surface area (Å²) in [6.45, 7) is 1.60. The van der Waals surface area contributed by atoms with Gasteiger partial charge in [-0.05, 0) is 31.0 Å². The summed E-state index contributed by atoms with van der Waals surface area (Å²) >= 11 is 0. The number of aromatic nitrogens is 4. The maximum Gasteiger partial charge on any atom is 0.278 e. The van der Waals surface area contributed by atoms with Crippen LogP contribution in [0.1, 0.15) is 23.3 Å². The first-order valence-corrected chi connectivity index (χ1v) is 9.40. The van der Waals surface area contributed by atoms with Crippen molar-refractivity contribution in [3.8, 4) is 11.3 Å². The molecular formula is C20H22N8O. The van der Waals surface area contributed by atoms with Gasteiger partial charge >= 0.3 is 0 Å². The van der Waals surface area contributed by atoms with Crippen molar-refractivity contribution < 1.29 is 4.79 Å². The second-order valence-electron chi connectivity index (χ2n) is 6.93. The molecule has 1 saturated heterocycles. The Morgan fingerprint density at radius 2 is 2.03 bits per heavy atom. The Bertz CT molecular complexity index is 1010. The van der Waals surface area contributed by atoms with Gasteiger partial charge in [-0.3, -0.25) is 14.8 Å². The number of amides is 1. The Morgan fingerprint density at radius 3 is 2.83 bits per heavy atom. The third-order valence-corrected chi connectivity index (χ3v) is 4.82. The monoisotopic (exact) mass is 390 g/mol. The van der Waals surface area contributed by atoms with E-state index in [1.807, 2.05) is 12.1 Å². The zero-order valence-electron chi connectivity index (χ0n) is 15.8. The highest BCUT2D eigenvalue weighted by atomic mass is 16.1. The Balaban J connectivity index is 1.61. The average Bonchev–Trinajstić information content (AvgIpc) is 2.75. The fraction of sp³-hybridized carbons (Fsp3) is 0.250. The van der Waals surface area contributed by atoms with E-state index in [1.54, 1.807) is 30.9 Å². The molecule has 29 heavy (non-hydrogen) atoms. The maximum absolute atomic E-state index is 12.9. The molecule has 0 aliphatic carbocycles. The zero-order chi connectivity index (χ0) is 20.2. The van der Waals surface area contributed by atoms with Gasteiger partial charge in [-0.25, -0.2) is 9.97 Å². The van der Waals surface area contributed by atoms with Crippen LogP contribution in [-0.2, 0) is 0 Å². The minimum absolute atomic E-state index is 0.0523. The van der Waals surface area contributed by atoms with Crippen molar-refractivity contribution in [3.63, 3.8) is 0 Å². The van der Waals surface area contributed by atoms with Crippen LogP contribution in [0.3, 0.4) is 0 Å². The fourth-order valence-electron chi connectivity index (χ4n) is 3.39. The predicted molar refractivity (Wildman–Crippen MR) is 111 cm³/mol. The second-order valence-corrected chi connectivity index (χ2v) is 6.93. The van der Waals surface area contributed by atoms with Crippen LogP contribution in [0.2, 0.25) is 0 Å². The number of anilines is 3. The Kier molecular flexibility index (Phi) is 5.30. The van der Waals surface area contributed by atoms with E-state index < -0.39 is 5.91 Å². The Labute approximate surface area is 168 Å². The Morgan fingerprint density at radius 1 is 1.17 bits per heavy atom. The van der Waals surface area contributed by atoms with Crippen LogP contribution in [0, 0.1) is 0 Å². The van der Waals surface area contributed by atoms with Crippen LogP contribution in [-0.4, -0.2) is 45.0 Å². The van der Waals surface area contributed by atoms with E-state index in [-0.39, 0.29) is 17.6 Å². The van der Waals surface area contributed by atoms with Crippen molar-refractivity contribution in [2.45, 2.75) is 18.9 Å². The van der Waals surface area contributed by atoms with Gasteiger partial charge in [0, 0.05) is 43.3 Å². The standard InChI is InChI=1S/C20H22N8O/c21-14-4-2-8-28(12-14)17-5-7-24-10-16(17)27-20(29)18-19(22)25-11-15(26-18)13-3-1-6-23-9-13/h1,3,5-7,9-11,14H,2,4,8,12,21H2,(H2,22,25)(H,27,29). The largest absolute Gasteiger partial charge is 0.382 e. The van der Waals surface area contributed by atoms with Crippen LogP contribution in [0.25, 0.3) is 11.3 Å². The molecule has 3 aromatic rings. The van der Waals surface area contributed by atoms with Crippen molar-refractivity contribution in [1.29, 1.82) is 0 Å². The number of pyridine rings is 2. The molecule has 0 spiro atoms. The molecule has 1 unspecified atom stereocenters. The molecule has 5 N–H and O–H groups in total. The molecule has 9 heteroatoms. The van der Waals surface area contributed by atoms with E-state index in [9.17, 15) is 4.79 Å². The lowest BCUT2D eigenvalue weighted by Crippen LogP contribution is -2.43. The minimum Gasteiger partial charge on any atom is -0.382 e. The summed E-state index contributed by atoms with van der Waals surface area (Å²) in [4.78, 5) is 31.8. The van der Waals surface area contributed by atoms with Gasteiger partial charge in [0.15, 0.2) is 11.5 Å². The number of nitrogens with zero attached hydrogens (tertiary/aromatic N) is 5. The quantitative estimate of drug-likeness (QED) is 0.612. The fourth-order valence-corrected chi connectivity index (χ4v) is 3.39. The van der Waals surface area contributed by atoms with E-state index in [1.165, 1.54) is 6.20 Å². The Hall–Kier alpha value is -3.59. The molecule has 0 aromatic carbocycles. The molecule has 1 aliphatic heterocycles. The molecule has 4 rings (SSSR count). The van der Waals surface area contributed by atoms with Crippen LogP contribution in [0.4, 0.5) is 17.2 Å². The SMILES string of the molecule is Nc1ncc(-c2cccnc2)nc1C(=O)Nc1cnccc1N1CCCC(N)C1. The third-order valence-electron chi connectivity index (χ3n) is 4.82.